The molecule has 0 amide bonds. The van der Waals surface area contributed by atoms with Gasteiger partial charge in [0.1, 0.15) is 29.7 Å². The Morgan fingerprint density at radius 3 is 2.52 bits per heavy atom. The molecule has 33 heavy (non-hydrogen) atoms. The number of rotatable bonds is 4. The number of nitrogens with zero attached hydrogens (tertiary/aromatic N) is 1. The van der Waals surface area contributed by atoms with E-state index < -0.39 is 5.92 Å². The van der Waals surface area contributed by atoms with Gasteiger partial charge in [0.05, 0.1) is 17.0 Å². The van der Waals surface area contributed by atoms with E-state index in [-0.39, 0.29) is 17.0 Å². The Kier molecular flexibility index (Phi) is 5.08. The van der Waals surface area contributed by atoms with Crippen LogP contribution in [-0.2, 0) is 6.61 Å². The third-order valence-electron chi connectivity index (χ3n) is 5.82. The van der Waals surface area contributed by atoms with Crippen LogP contribution in [0.15, 0.2) is 89.0 Å². The van der Waals surface area contributed by atoms with E-state index >= 15 is 0 Å². The van der Waals surface area contributed by atoms with Crippen LogP contribution in [0.25, 0.3) is 10.9 Å². The Labute approximate surface area is 190 Å². The van der Waals surface area contributed by atoms with Gasteiger partial charge in [-0.05, 0) is 42.3 Å². The molecule has 1 aliphatic heterocycles. The van der Waals surface area contributed by atoms with Crippen LogP contribution >= 0.6 is 0 Å². The molecule has 0 aliphatic carbocycles. The molecular formula is C27H21N3O3. The number of aryl methyl sites for hydroxylation is 1. The van der Waals surface area contributed by atoms with Crippen LogP contribution in [0.2, 0.25) is 0 Å². The number of nitriles is 1. The molecule has 2 heterocycles. The summed E-state index contributed by atoms with van der Waals surface area (Å²) in [5.74, 6) is 0.439. The van der Waals surface area contributed by atoms with Crippen molar-refractivity contribution in [3.8, 4) is 17.6 Å². The number of H-pyrrole nitrogens is 1. The molecule has 0 spiro atoms. The van der Waals surface area contributed by atoms with E-state index in [0.717, 1.165) is 16.5 Å². The second-order valence-corrected chi connectivity index (χ2v) is 8.01. The number of para-hydroxylation sites is 1. The first-order valence-electron chi connectivity index (χ1n) is 10.6. The highest BCUT2D eigenvalue weighted by atomic mass is 16.5. The molecule has 0 saturated carbocycles. The van der Waals surface area contributed by atoms with Crippen LogP contribution in [0.4, 0.5) is 0 Å². The number of hydrogen-bond acceptors (Lipinski definition) is 5. The van der Waals surface area contributed by atoms with Crippen molar-refractivity contribution >= 4 is 10.9 Å². The molecule has 1 unspecified atom stereocenters. The maximum absolute atomic E-state index is 13.0. The Hall–Kier alpha value is -4.50. The van der Waals surface area contributed by atoms with Crippen LogP contribution in [0, 0.1) is 18.3 Å². The number of allylic oxidation sites excluding steroid dienone is 1. The monoisotopic (exact) mass is 435 g/mol. The highest BCUT2D eigenvalue weighted by Gasteiger charge is 2.34. The minimum absolute atomic E-state index is 0.00505. The zero-order valence-corrected chi connectivity index (χ0v) is 18.0. The number of fused-ring (bicyclic) bond motifs is 3. The van der Waals surface area contributed by atoms with Gasteiger partial charge >= 0.3 is 0 Å². The fourth-order valence-corrected chi connectivity index (χ4v) is 4.11. The van der Waals surface area contributed by atoms with Crippen molar-refractivity contribution in [2.45, 2.75) is 19.4 Å². The molecular weight excluding hydrogens is 414 g/mol. The van der Waals surface area contributed by atoms with E-state index in [0.29, 0.717) is 29.2 Å². The first-order valence-corrected chi connectivity index (χ1v) is 10.6. The summed E-state index contributed by atoms with van der Waals surface area (Å²) in [6.45, 7) is 2.49. The predicted octanol–water partition coefficient (Wildman–Crippen LogP) is 4.63. The largest absolute Gasteiger partial charge is 0.489 e. The number of nitrogens with two attached hydrogens (primary N) is 1. The normalized spacial score (nSPS) is 15.0. The quantitative estimate of drug-likeness (QED) is 0.487. The Morgan fingerprint density at radius 1 is 1.06 bits per heavy atom. The van der Waals surface area contributed by atoms with Gasteiger partial charge in [-0.1, -0.05) is 54.1 Å². The highest BCUT2D eigenvalue weighted by molar-refractivity contribution is 5.87. The molecule has 3 N–H and O–H groups in total. The molecule has 162 valence electrons. The smallest absolute Gasteiger partial charge is 0.256 e. The van der Waals surface area contributed by atoms with Crippen molar-refractivity contribution in [3.63, 3.8) is 0 Å². The molecule has 0 fully saturated rings. The lowest BCUT2D eigenvalue weighted by atomic mass is 9.83. The molecule has 6 heteroatoms. The molecule has 6 nitrogen and oxygen atoms in total. The summed E-state index contributed by atoms with van der Waals surface area (Å²) >= 11 is 0. The minimum Gasteiger partial charge on any atom is -0.489 e. The van der Waals surface area contributed by atoms with Gasteiger partial charge in [0.15, 0.2) is 0 Å². The lowest BCUT2D eigenvalue weighted by Crippen LogP contribution is -2.27. The van der Waals surface area contributed by atoms with Crippen molar-refractivity contribution in [1.82, 2.24) is 4.98 Å². The van der Waals surface area contributed by atoms with Crippen molar-refractivity contribution in [1.29, 1.82) is 5.26 Å². The second kappa shape index (κ2) is 8.21. The molecule has 0 bridgehead atoms. The molecule has 4 aromatic rings. The van der Waals surface area contributed by atoms with Crippen molar-refractivity contribution in [2.24, 2.45) is 5.73 Å². The maximum Gasteiger partial charge on any atom is 0.256 e. The minimum atomic E-state index is -0.641. The molecule has 5 rings (SSSR count). The molecule has 1 atom stereocenters. The number of pyridine rings is 1. The van der Waals surface area contributed by atoms with Crippen molar-refractivity contribution < 1.29 is 9.47 Å². The van der Waals surface area contributed by atoms with Crippen LogP contribution in [0.1, 0.15) is 28.2 Å². The van der Waals surface area contributed by atoms with Gasteiger partial charge in [-0.2, -0.15) is 5.26 Å². The zero-order valence-electron chi connectivity index (χ0n) is 18.0. The van der Waals surface area contributed by atoms with Crippen LogP contribution < -0.4 is 20.8 Å². The van der Waals surface area contributed by atoms with Crippen molar-refractivity contribution in [2.75, 3.05) is 0 Å². The van der Waals surface area contributed by atoms with Crippen LogP contribution in [0.5, 0.6) is 11.5 Å². The summed E-state index contributed by atoms with van der Waals surface area (Å²) < 4.78 is 11.7. The van der Waals surface area contributed by atoms with Gasteiger partial charge in [0, 0.05) is 5.39 Å². The number of benzene rings is 3. The SMILES string of the molecule is Cc1ccc(COc2ccc(C3C(C#N)=C(N)Oc4c3c(=O)[nH]c3ccccc43)cc2)cc1. The second-order valence-electron chi connectivity index (χ2n) is 8.01. The third kappa shape index (κ3) is 3.70. The summed E-state index contributed by atoms with van der Waals surface area (Å²) in [6, 6.07) is 25.0. The highest BCUT2D eigenvalue weighted by Crippen LogP contribution is 2.43. The summed E-state index contributed by atoms with van der Waals surface area (Å²) in [5.41, 5.74) is 10.1. The average Bonchev–Trinajstić information content (AvgIpc) is 2.83. The Bertz CT molecular complexity index is 1480. The van der Waals surface area contributed by atoms with Gasteiger partial charge in [-0.25, -0.2) is 0 Å². The summed E-state index contributed by atoms with van der Waals surface area (Å²) in [4.78, 5) is 15.9. The standard InChI is InChI=1S/C27H21N3O3/c1-16-6-8-17(9-7-16)15-32-19-12-10-18(11-13-19)23-21(14-28)26(29)33-25-20-4-2-3-5-22(20)30-27(31)24(23)25/h2-13,23H,15,29H2,1H3,(H,30,31). The fraction of sp³-hybridized carbons (Fsp3) is 0.111. The Balaban J connectivity index is 1.52. The van der Waals surface area contributed by atoms with Gasteiger partial charge < -0.3 is 20.2 Å². The number of ether oxygens (including phenoxy) is 2. The fourth-order valence-electron chi connectivity index (χ4n) is 4.11. The van der Waals surface area contributed by atoms with E-state index in [9.17, 15) is 10.1 Å². The van der Waals surface area contributed by atoms with E-state index in [1.807, 2.05) is 73.7 Å². The number of hydrogen-bond donors (Lipinski definition) is 2. The maximum atomic E-state index is 13.0. The molecule has 0 radical (unpaired) electrons. The van der Waals surface area contributed by atoms with Crippen molar-refractivity contribution in [3.05, 3.63) is 117 Å². The summed E-state index contributed by atoms with van der Waals surface area (Å²) in [5, 5.41) is 10.5. The van der Waals surface area contributed by atoms with E-state index in [2.05, 4.69) is 11.1 Å². The number of aromatic nitrogens is 1. The molecule has 0 saturated heterocycles. The van der Waals surface area contributed by atoms with Crippen LogP contribution in [0.3, 0.4) is 0 Å². The number of nitrogens with one attached hydrogen (secondary N) is 1. The van der Waals surface area contributed by atoms with Gasteiger partial charge in [0.2, 0.25) is 5.88 Å². The first-order chi connectivity index (χ1) is 16.0. The molecule has 3 aromatic carbocycles. The predicted molar refractivity (Wildman–Crippen MR) is 126 cm³/mol. The Morgan fingerprint density at radius 2 is 1.79 bits per heavy atom. The van der Waals surface area contributed by atoms with Crippen LogP contribution in [-0.4, -0.2) is 4.98 Å². The third-order valence-corrected chi connectivity index (χ3v) is 5.82. The average molecular weight is 435 g/mol. The molecule has 1 aliphatic rings. The number of aromatic amines is 1. The lowest BCUT2D eigenvalue weighted by Gasteiger charge is -2.26. The van der Waals surface area contributed by atoms with E-state index in [1.54, 1.807) is 6.07 Å². The van der Waals surface area contributed by atoms with Gasteiger partial charge in [-0.3, -0.25) is 4.79 Å². The lowest BCUT2D eigenvalue weighted by molar-refractivity contribution is 0.306. The van der Waals surface area contributed by atoms with Gasteiger partial charge in [0.25, 0.3) is 5.56 Å². The summed E-state index contributed by atoms with van der Waals surface area (Å²) in [7, 11) is 0. The van der Waals surface area contributed by atoms with E-state index in [1.165, 1.54) is 5.56 Å². The summed E-state index contributed by atoms with van der Waals surface area (Å²) in [6.07, 6.45) is 0. The topological polar surface area (TPSA) is 101 Å². The first kappa shape index (κ1) is 20.4. The van der Waals surface area contributed by atoms with E-state index in [4.69, 9.17) is 15.2 Å². The zero-order chi connectivity index (χ0) is 22.9. The molecule has 1 aromatic heterocycles. The van der Waals surface area contributed by atoms with Gasteiger partial charge in [-0.15, -0.1) is 0 Å².